The van der Waals surface area contributed by atoms with E-state index in [0.29, 0.717) is 0 Å². The van der Waals surface area contributed by atoms with E-state index in [4.69, 9.17) is 40.5 Å². The van der Waals surface area contributed by atoms with Crippen molar-refractivity contribution in [3.63, 3.8) is 0 Å². The van der Waals surface area contributed by atoms with Gasteiger partial charge in [-0.3, -0.25) is 84.7 Å². The van der Waals surface area contributed by atoms with Crippen LogP contribution in [0.1, 0.15) is 139 Å². The molecule has 0 aliphatic carbocycles. The Balaban J connectivity index is 0.000000387. The van der Waals surface area contributed by atoms with Crippen LogP contribution in [0.3, 0.4) is 0 Å². The molecule has 3 atom stereocenters. The van der Waals surface area contributed by atoms with Crippen LogP contribution >= 0.6 is 76.6 Å². The maximum atomic E-state index is 12.3. The molecule has 12 aromatic heterocycles. The molecule has 26 nitrogen and oxygen atoms in total. The number of pyridine rings is 6. The molecule has 133 heavy (non-hydrogen) atoms. The van der Waals surface area contributed by atoms with Crippen LogP contribution < -0.4 is 11.5 Å². The molecule has 0 saturated heterocycles. The van der Waals surface area contributed by atoms with Gasteiger partial charge in [-0.25, -0.2) is 0 Å². The first-order chi connectivity index (χ1) is 62.9. The first-order valence-electron chi connectivity index (χ1n) is 39.9. The fraction of sp³-hybridized carbons (Fsp3) is 0.190. The molecule has 18 rings (SSSR count). The van der Waals surface area contributed by atoms with Crippen molar-refractivity contribution in [3.05, 3.63) is 430 Å². The van der Waals surface area contributed by atoms with Gasteiger partial charge in [0.25, 0.3) is 0 Å². The molecule has 0 aliphatic heterocycles. The molecule has 18 aromatic rings. The smallest absolute Gasteiger partial charge is 0.202 e. The highest BCUT2D eigenvalue weighted by molar-refractivity contribution is 7.36. The monoisotopic (exact) mass is 1930 g/mol. The number of nitrogens with two attached hydrogens (primary N) is 2. The second kappa shape index (κ2) is 61.5. The highest BCUT2D eigenvalue weighted by Crippen LogP contribution is 2.38. The number of hydrogen-bond acceptors (Lipinski definition) is 28. The third-order valence-electron chi connectivity index (χ3n) is 17.5. The molecule has 0 fully saturated rings. The van der Waals surface area contributed by atoms with Crippen molar-refractivity contribution >= 4 is 155 Å². The number of ketones is 2. The van der Waals surface area contributed by atoms with Crippen LogP contribution in [0.2, 0.25) is 0 Å². The molecule has 3 unspecified atom stereocenters. The summed E-state index contributed by atoms with van der Waals surface area (Å²) in [6, 6.07) is 69.3. The number of fused-ring (bicyclic) bond motifs is 6. The van der Waals surface area contributed by atoms with Gasteiger partial charge in [0.2, 0.25) is 11.6 Å². The fourth-order valence-corrected chi connectivity index (χ4v) is 17.9. The second-order valence-corrected chi connectivity index (χ2v) is 34.9. The van der Waals surface area contributed by atoms with Crippen LogP contribution in [0.25, 0.3) is 60.5 Å². The van der Waals surface area contributed by atoms with Crippen LogP contribution in [0.15, 0.2) is 298 Å². The normalized spacial score (nSPS) is 10.4. The highest BCUT2D eigenvalue weighted by Gasteiger charge is 2.19. The van der Waals surface area contributed by atoms with E-state index in [1.54, 1.807) is 57.5 Å². The van der Waals surface area contributed by atoms with Crippen molar-refractivity contribution in [3.8, 4) is 0 Å². The molecule has 0 spiro atoms. The number of aryl methyl sites for hydroxylation is 6. The third-order valence-corrected chi connectivity index (χ3v) is 23.8. The van der Waals surface area contributed by atoms with Gasteiger partial charge < -0.3 is 26.8 Å². The van der Waals surface area contributed by atoms with Crippen LogP contribution in [0, 0.1) is 82.0 Å². The Morgan fingerprint density at radius 1 is 0.338 bits per heavy atom. The van der Waals surface area contributed by atoms with E-state index in [1.807, 2.05) is 291 Å². The summed E-state index contributed by atoms with van der Waals surface area (Å²) in [7, 11) is 7.64. The second-order valence-electron chi connectivity index (χ2n) is 27.4. The Kier molecular flexibility index (Phi) is 52.7. The van der Waals surface area contributed by atoms with Crippen LogP contribution in [-0.4, -0.2) is 138 Å². The van der Waals surface area contributed by atoms with Crippen LogP contribution in [0.4, 0.5) is 0 Å². The summed E-state index contributed by atoms with van der Waals surface area (Å²) in [5.74, 6) is 0.160. The predicted molar refractivity (Wildman–Crippen MR) is 555 cm³/mol. The number of nitro groups is 4. The lowest BCUT2D eigenvalue weighted by Crippen LogP contribution is -1.97. The van der Waals surface area contributed by atoms with Crippen molar-refractivity contribution in [2.75, 3.05) is 55.6 Å². The zero-order valence-electron chi connectivity index (χ0n) is 74.5. The number of benzene rings is 6. The first-order valence-corrected chi connectivity index (χ1v) is 46.8. The molecule has 696 valence electrons. The van der Waals surface area contributed by atoms with Gasteiger partial charge in [0.15, 0.2) is 28.2 Å². The first kappa shape index (κ1) is 114. The van der Waals surface area contributed by atoms with Gasteiger partial charge in [0, 0.05) is 125 Å². The third kappa shape index (κ3) is 37.9. The van der Waals surface area contributed by atoms with E-state index in [-0.39, 0.29) is 26.4 Å². The maximum absolute atomic E-state index is 12.3. The molecular weight excluding hydrogens is 1820 g/mol. The molecule has 7 N–H and O–H groups in total. The molecule has 0 radical (unpaired) electrons. The zero-order chi connectivity index (χ0) is 96.5. The minimum absolute atomic E-state index is 0. The SMILES string of the molecule is C.C.CN.CN.CPC.C[N+](=O)[O-].C[N+](=O)[O-].C[N+](=O)[O-].C[N+](=O)[O-].Cc1cncc2sc(C(=O)c3ccccc3)cc12.Cc1cncc2sc(C(=O)c3ccccc3)cc12.Cc1cncc2sc(C(O)c3ccccc3)cc12.Cc1cncc2sc(C(O)c3ccccc3)cc12.Cc1cncc2sc(C(O)c3ccccc3)cc12.Cc1cncc2sccc12.O=Cc1ccccc1. The topological polar surface area (TPSA) is 414 Å². The zero-order valence-corrected chi connectivity index (χ0v) is 80.4. The maximum Gasteiger partial charge on any atom is 0.202 e. The van der Waals surface area contributed by atoms with E-state index in [0.717, 1.165) is 163 Å². The molecule has 0 amide bonds. The number of hydrogen-bond donors (Lipinski definition) is 5. The minimum atomic E-state index is -0.553. The summed E-state index contributed by atoms with van der Waals surface area (Å²) >= 11 is 9.55. The van der Waals surface area contributed by atoms with Crippen molar-refractivity contribution in [1.82, 2.24) is 29.9 Å². The average Bonchev–Trinajstić information content (AvgIpc) is 1.68. The van der Waals surface area contributed by atoms with Crippen LogP contribution in [-0.2, 0) is 0 Å². The van der Waals surface area contributed by atoms with Gasteiger partial charge in [-0.15, -0.1) is 76.6 Å². The van der Waals surface area contributed by atoms with Gasteiger partial charge >= 0.3 is 0 Å². The molecule has 6 aromatic carbocycles. The quantitative estimate of drug-likeness (QED) is 0.0264. The largest absolute Gasteiger partial charge is 0.383 e. The van der Waals surface area contributed by atoms with Gasteiger partial charge in [0.1, 0.15) is 24.6 Å². The number of rotatable bonds is 11. The van der Waals surface area contributed by atoms with E-state index in [1.165, 1.54) is 68.6 Å². The molecule has 33 heteroatoms. The number of thiophene rings is 6. The number of carbonyl (C=O) groups is 3. The number of aromatic nitrogens is 6. The summed E-state index contributed by atoms with van der Waals surface area (Å²) in [6.45, 7) is 16.5. The Morgan fingerprint density at radius 2 is 0.549 bits per heavy atom. The summed E-state index contributed by atoms with van der Waals surface area (Å²) in [4.78, 5) is 97.3. The average molecular weight is 1930 g/mol. The molecule has 0 saturated carbocycles. The molecule has 0 bridgehead atoms. The predicted octanol–water partition coefficient (Wildman–Crippen LogP) is 23.8. The van der Waals surface area contributed by atoms with Crippen LogP contribution in [0.5, 0.6) is 0 Å². The van der Waals surface area contributed by atoms with Gasteiger partial charge in [-0.1, -0.05) is 197 Å². The van der Waals surface area contributed by atoms with Crippen molar-refractivity contribution in [2.24, 2.45) is 11.5 Å². The lowest BCUT2D eigenvalue weighted by atomic mass is 10.1. The Bertz CT molecular complexity index is 6060. The molecule has 12 heterocycles. The minimum Gasteiger partial charge on any atom is -0.383 e. The Labute approximate surface area is 799 Å². The highest BCUT2D eigenvalue weighted by atomic mass is 32.1. The van der Waals surface area contributed by atoms with E-state index < -0.39 is 38.0 Å². The summed E-state index contributed by atoms with van der Waals surface area (Å²) in [5.41, 5.74) is 20.9. The lowest BCUT2D eigenvalue weighted by Gasteiger charge is -2.07. The van der Waals surface area contributed by atoms with Gasteiger partial charge in [-0.05, 0) is 193 Å². The summed E-state index contributed by atoms with van der Waals surface area (Å²) < 4.78 is 6.78. The van der Waals surface area contributed by atoms with Crippen molar-refractivity contribution < 1.29 is 49.4 Å². The van der Waals surface area contributed by atoms with E-state index in [2.05, 4.69) is 91.3 Å². The Morgan fingerprint density at radius 3 is 0.767 bits per heavy atom. The van der Waals surface area contributed by atoms with Gasteiger partial charge in [-0.2, -0.15) is 0 Å². The van der Waals surface area contributed by atoms with E-state index >= 15 is 0 Å². The number of carbonyl (C=O) groups excluding carboxylic acids is 3. The number of aliphatic hydroxyl groups excluding tert-OH is 3. The van der Waals surface area contributed by atoms with Crippen molar-refractivity contribution in [1.29, 1.82) is 0 Å². The number of nitrogens with zero attached hydrogens (tertiary/aromatic N) is 10. The number of aldehydes is 1. The van der Waals surface area contributed by atoms with Gasteiger partial charge in [0.05, 0.1) is 38.0 Å². The summed E-state index contributed by atoms with van der Waals surface area (Å²) in [6.07, 6.45) is 21.4. The summed E-state index contributed by atoms with van der Waals surface area (Å²) in [5, 5.41) is 75.6. The standard InChI is InChI=1S/3C15H13NOS.2C15H11NOS.C8H7NS.C7H6O.C2H7P.4CH3NO2.2CH5N.2CH4/c5*1-10-8-16-9-14-12(10)7-13(18-14)15(17)11-5-3-2-4-6-11;1-6-4-9-5-8-7(6)2-3-10-8;8-6-7-4-2-1-3-5-7;1-3-2;4*1-2(3)4;2*1-2;;/h3*2-9,15,17H,1H3;2*2-9H,1H3;2-5H,1H3;1-6H;3H,1-2H3;4*1H3;2*2H2,1H3;2*1H4. The van der Waals surface area contributed by atoms with Crippen molar-refractivity contribution in [2.45, 2.75) is 74.7 Å². The molecular formula is C100H111N12O14PS6. The number of aliphatic hydroxyl groups is 3. The molecule has 0 aliphatic rings. The fourth-order valence-electron chi connectivity index (χ4n) is 11.6. The Hall–Kier alpha value is -13.2. The van der Waals surface area contributed by atoms with E-state index in [9.17, 15) is 29.7 Å². The lowest BCUT2D eigenvalue weighted by molar-refractivity contribution is -0.445.